The molecule has 1 aromatic rings. The lowest BCUT2D eigenvalue weighted by Gasteiger charge is -1.62. The molecule has 0 saturated heterocycles. The van der Waals surface area contributed by atoms with E-state index in [1.165, 1.54) is 34.0 Å². The number of hydrogen-bond donors (Lipinski definition) is 0. The molecule has 0 saturated carbocycles. The first-order chi connectivity index (χ1) is 3.43. The highest BCUT2D eigenvalue weighted by Crippen LogP contribution is 2.26. The molecule has 7 heavy (non-hydrogen) atoms. The Morgan fingerprint density at radius 1 is 2.00 bits per heavy atom. The zero-order chi connectivity index (χ0) is 5.11. The summed E-state index contributed by atoms with van der Waals surface area (Å²) in [7, 11) is 6.58. The summed E-state index contributed by atoms with van der Waals surface area (Å²) < 4.78 is 4.93. The molecule has 1 heterocycles. The monoisotopic (exact) mass is 170 g/mol. The molecule has 1 aromatic heterocycles. The predicted molar refractivity (Wildman–Crippen MR) is 36.1 cm³/mol. The second-order valence-electron chi connectivity index (χ2n) is 0.785. The van der Waals surface area contributed by atoms with Crippen molar-refractivity contribution in [1.82, 2.24) is 3.76 Å². The Labute approximate surface area is 58.2 Å². The van der Waals surface area contributed by atoms with Crippen LogP contribution >= 0.6 is 44.7 Å². The second kappa shape index (κ2) is 2.81. The van der Waals surface area contributed by atoms with Crippen molar-refractivity contribution in [3.05, 3.63) is 5.38 Å². The zero-order valence-corrected chi connectivity index (χ0v) is 6.33. The van der Waals surface area contributed by atoms with Gasteiger partial charge in [-0.15, -0.1) is 0 Å². The number of halogens is 1. The molecule has 0 unspecified atom stereocenters. The van der Waals surface area contributed by atoms with E-state index in [4.69, 9.17) is 10.7 Å². The Hall–Kier alpha value is 0.620. The van der Waals surface area contributed by atoms with Crippen molar-refractivity contribution in [2.75, 3.05) is 0 Å². The minimum Gasteiger partial charge on any atom is -0.0357 e. The molecule has 0 fully saturated rings. The van der Waals surface area contributed by atoms with Crippen LogP contribution in [0.25, 0.3) is 0 Å². The average Bonchev–Trinajstić information content (AvgIpc) is 2.14. The van der Waals surface area contributed by atoms with E-state index < -0.39 is 0 Å². The average molecular weight is 171 g/mol. The molecule has 0 N–H and O–H groups in total. The minimum absolute atomic E-state index is 1.06. The number of nitrogens with zero attached hydrogens (tertiary/aromatic N) is 1. The van der Waals surface area contributed by atoms with Crippen molar-refractivity contribution in [2.24, 2.45) is 0 Å². The molecule has 0 aromatic carbocycles. The smallest absolute Gasteiger partial charge is 0.0357 e. The van der Waals surface area contributed by atoms with Gasteiger partial charge in [0.1, 0.15) is 0 Å². The third-order valence-electron chi connectivity index (χ3n) is 0.395. The topological polar surface area (TPSA) is 12.9 Å². The number of aromatic nitrogens is 1. The lowest BCUT2D eigenvalue weighted by molar-refractivity contribution is 1.83. The SMILES string of the molecule is ClSc1c[s+]ns1. The van der Waals surface area contributed by atoms with Gasteiger partial charge in [-0.3, -0.25) is 0 Å². The largest absolute Gasteiger partial charge is 0.237 e. The highest BCUT2D eigenvalue weighted by molar-refractivity contribution is 8.22. The summed E-state index contributed by atoms with van der Waals surface area (Å²) >= 11 is 2.85. The van der Waals surface area contributed by atoms with Gasteiger partial charge < -0.3 is 0 Å². The lowest BCUT2D eigenvalue weighted by Crippen LogP contribution is -1.38. The van der Waals surface area contributed by atoms with E-state index in [-0.39, 0.29) is 0 Å². The Kier molecular flexibility index (Phi) is 2.31. The van der Waals surface area contributed by atoms with E-state index in [1.807, 2.05) is 5.38 Å². The molecule has 0 amide bonds. The molecule has 0 aliphatic carbocycles. The molecule has 0 bridgehead atoms. The number of hydrogen-bond acceptors (Lipinski definition) is 3. The van der Waals surface area contributed by atoms with Crippen LogP contribution in [-0.2, 0) is 0 Å². The van der Waals surface area contributed by atoms with Crippen LogP contribution < -0.4 is 0 Å². The molecule has 38 valence electrons. The van der Waals surface area contributed by atoms with Crippen LogP contribution in [0.5, 0.6) is 0 Å². The zero-order valence-electron chi connectivity index (χ0n) is 3.13. The molecule has 0 radical (unpaired) electrons. The highest BCUT2D eigenvalue weighted by atomic mass is 35.7. The van der Waals surface area contributed by atoms with Crippen LogP contribution in [0, 0.1) is 0 Å². The van der Waals surface area contributed by atoms with Gasteiger partial charge in [-0.05, 0) is 10.7 Å². The minimum atomic E-state index is 1.06. The van der Waals surface area contributed by atoms with E-state index in [1.54, 1.807) is 0 Å². The molecule has 0 aliphatic heterocycles. The van der Waals surface area contributed by atoms with Crippen molar-refractivity contribution in [1.29, 1.82) is 0 Å². The molecule has 0 atom stereocenters. The summed E-state index contributed by atoms with van der Waals surface area (Å²) in [6, 6.07) is 0. The third kappa shape index (κ3) is 1.53. The van der Waals surface area contributed by atoms with E-state index in [2.05, 4.69) is 3.76 Å². The Balaban J connectivity index is 2.76. The van der Waals surface area contributed by atoms with E-state index in [0.717, 1.165) is 4.21 Å². The normalized spacial score (nSPS) is 9.29. The first-order valence-electron chi connectivity index (χ1n) is 1.45. The van der Waals surface area contributed by atoms with E-state index in [9.17, 15) is 0 Å². The Morgan fingerprint density at radius 2 is 2.86 bits per heavy atom. The van der Waals surface area contributed by atoms with Crippen molar-refractivity contribution < 1.29 is 0 Å². The van der Waals surface area contributed by atoms with Gasteiger partial charge in [-0.2, -0.15) is 0 Å². The molecular formula is C2HClNS3+. The van der Waals surface area contributed by atoms with Crippen LogP contribution in [0.1, 0.15) is 0 Å². The van der Waals surface area contributed by atoms with Crippen LogP contribution in [0.15, 0.2) is 9.59 Å². The molecule has 1 nitrogen and oxygen atoms in total. The summed E-state index contributed by atoms with van der Waals surface area (Å²) in [5.41, 5.74) is 0. The van der Waals surface area contributed by atoms with Gasteiger partial charge in [0, 0.05) is 11.0 Å². The summed E-state index contributed by atoms with van der Waals surface area (Å²) in [5.74, 6) is 0. The first-order valence-corrected chi connectivity index (χ1v) is 4.70. The maximum Gasteiger partial charge on any atom is 0.237 e. The van der Waals surface area contributed by atoms with Crippen LogP contribution in [-0.4, -0.2) is 3.76 Å². The summed E-state index contributed by atoms with van der Waals surface area (Å²) in [4.78, 5) is 0. The summed E-state index contributed by atoms with van der Waals surface area (Å²) in [6.07, 6.45) is 0. The van der Waals surface area contributed by atoms with Crippen molar-refractivity contribution >= 4 is 44.7 Å². The van der Waals surface area contributed by atoms with Crippen LogP contribution in [0.4, 0.5) is 0 Å². The van der Waals surface area contributed by atoms with Crippen molar-refractivity contribution in [3.63, 3.8) is 0 Å². The van der Waals surface area contributed by atoms with Gasteiger partial charge in [0.15, 0.2) is 5.38 Å². The van der Waals surface area contributed by atoms with Crippen molar-refractivity contribution in [3.8, 4) is 0 Å². The van der Waals surface area contributed by atoms with Gasteiger partial charge in [0.05, 0.1) is 3.76 Å². The van der Waals surface area contributed by atoms with Crippen LogP contribution in [0.3, 0.4) is 0 Å². The van der Waals surface area contributed by atoms with Gasteiger partial charge >= 0.3 is 0 Å². The van der Waals surface area contributed by atoms with Gasteiger partial charge in [0.25, 0.3) is 0 Å². The lowest BCUT2D eigenvalue weighted by atomic mass is 11.1. The van der Waals surface area contributed by atoms with Crippen LogP contribution in [0.2, 0.25) is 0 Å². The molecular weight excluding hydrogens is 170 g/mol. The predicted octanol–water partition coefficient (Wildman–Crippen LogP) is 2.73. The fourth-order valence-electron chi connectivity index (χ4n) is 0.177. The third-order valence-corrected chi connectivity index (χ3v) is 3.49. The van der Waals surface area contributed by atoms with E-state index >= 15 is 0 Å². The standard InChI is InChI=1S/C2HClNS3/c3-6-2-1-5-4-7-2/h1H/q+1. The maximum absolute atomic E-state index is 5.36. The Morgan fingerprint density at radius 3 is 3.14 bits per heavy atom. The first kappa shape index (κ1) is 5.75. The van der Waals surface area contributed by atoms with Crippen molar-refractivity contribution in [2.45, 2.75) is 4.21 Å². The highest BCUT2D eigenvalue weighted by Gasteiger charge is 2.02. The Bertz CT molecular complexity index is 127. The van der Waals surface area contributed by atoms with Gasteiger partial charge in [0.2, 0.25) is 27.3 Å². The fourth-order valence-corrected chi connectivity index (χ4v) is 2.44. The fraction of sp³-hybridized carbons (Fsp3) is 0. The molecule has 5 heteroatoms. The van der Waals surface area contributed by atoms with E-state index in [0.29, 0.717) is 0 Å². The molecule has 0 spiro atoms. The molecule has 0 aliphatic rings. The molecule has 1 rings (SSSR count). The summed E-state index contributed by atoms with van der Waals surface area (Å²) in [6.45, 7) is 0. The second-order valence-corrected chi connectivity index (χ2v) is 3.77. The maximum atomic E-state index is 5.36. The van der Waals surface area contributed by atoms with Gasteiger partial charge in [-0.25, -0.2) is 0 Å². The summed E-state index contributed by atoms with van der Waals surface area (Å²) in [5, 5.41) is 1.92. The number of rotatable bonds is 1. The van der Waals surface area contributed by atoms with Gasteiger partial charge in [-0.1, -0.05) is 0 Å². The quantitative estimate of drug-likeness (QED) is 0.602.